The number of carboxylic acid groups (broad SMARTS) is 1. The predicted molar refractivity (Wildman–Crippen MR) is 152 cm³/mol. The summed E-state index contributed by atoms with van der Waals surface area (Å²) >= 11 is 0. The minimum atomic E-state index is -1.01. The molecule has 0 unspecified atom stereocenters. The zero-order valence-electron chi connectivity index (χ0n) is 22.3. The van der Waals surface area contributed by atoms with Crippen molar-refractivity contribution in [2.45, 2.75) is 64.8 Å². The van der Waals surface area contributed by atoms with Gasteiger partial charge in [-0.3, -0.25) is 4.79 Å². The highest BCUT2D eigenvalue weighted by Crippen LogP contribution is 2.30. The number of aromatic amines is 1. The molecule has 0 fully saturated rings. The van der Waals surface area contributed by atoms with Gasteiger partial charge in [-0.1, -0.05) is 100 Å². The summed E-state index contributed by atoms with van der Waals surface area (Å²) in [5, 5.41) is 23.9. The van der Waals surface area contributed by atoms with Crippen LogP contribution < -0.4 is 4.90 Å². The van der Waals surface area contributed by atoms with E-state index < -0.39 is 5.97 Å². The van der Waals surface area contributed by atoms with Crippen LogP contribution in [-0.4, -0.2) is 37.6 Å². The van der Waals surface area contributed by atoms with E-state index in [0.29, 0.717) is 24.5 Å². The number of tetrazole rings is 1. The van der Waals surface area contributed by atoms with Gasteiger partial charge >= 0.3 is 5.97 Å². The van der Waals surface area contributed by atoms with E-state index in [-0.39, 0.29) is 11.5 Å². The zero-order chi connectivity index (χ0) is 27.5. The first-order chi connectivity index (χ1) is 19.1. The molecule has 2 N–H and O–H groups in total. The molecule has 3 aromatic carbocycles. The highest BCUT2D eigenvalue weighted by atomic mass is 16.4. The summed E-state index contributed by atoms with van der Waals surface area (Å²) < 4.78 is 0. The lowest BCUT2D eigenvalue weighted by molar-refractivity contribution is -0.118. The second kappa shape index (κ2) is 14.0. The van der Waals surface area contributed by atoms with Gasteiger partial charge in [-0.05, 0) is 46.5 Å². The fourth-order valence-electron chi connectivity index (χ4n) is 4.68. The quantitative estimate of drug-likeness (QED) is 0.173. The van der Waals surface area contributed by atoms with Gasteiger partial charge in [-0.25, -0.2) is 4.79 Å². The van der Waals surface area contributed by atoms with E-state index in [1.54, 1.807) is 29.2 Å². The van der Waals surface area contributed by atoms with Crippen LogP contribution in [0, 0.1) is 0 Å². The molecule has 0 bridgehead atoms. The van der Waals surface area contributed by atoms with Gasteiger partial charge in [0.15, 0.2) is 0 Å². The van der Waals surface area contributed by atoms with Crippen molar-refractivity contribution in [3.05, 3.63) is 83.9 Å². The molecule has 0 aliphatic heterocycles. The van der Waals surface area contributed by atoms with Crippen LogP contribution in [0.25, 0.3) is 22.5 Å². The number of carbonyl (C=O) groups excluding carboxylic acids is 1. The summed E-state index contributed by atoms with van der Waals surface area (Å²) in [6.45, 7) is 2.56. The lowest BCUT2D eigenvalue weighted by Crippen LogP contribution is -2.30. The summed E-state index contributed by atoms with van der Waals surface area (Å²) in [7, 11) is 0. The molecule has 4 aromatic rings. The Morgan fingerprint density at radius 1 is 0.846 bits per heavy atom. The van der Waals surface area contributed by atoms with Crippen LogP contribution >= 0.6 is 0 Å². The Hall–Kier alpha value is -4.33. The van der Waals surface area contributed by atoms with Crippen molar-refractivity contribution in [2.75, 3.05) is 4.90 Å². The Morgan fingerprint density at radius 3 is 2.26 bits per heavy atom. The smallest absolute Gasteiger partial charge is 0.335 e. The lowest BCUT2D eigenvalue weighted by atomic mass is 9.98. The number of benzene rings is 3. The van der Waals surface area contributed by atoms with Gasteiger partial charge in [0, 0.05) is 17.7 Å². The Kier molecular flexibility index (Phi) is 9.94. The number of H-pyrrole nitrogens is 1. The minimum absolute atomic E-state index is 0.00220. The number of nitrogens with zero attached hydrogens (tertiary/aromatic N) is 4. The first-order valence-electron chi connectivity index (χ1n) is 13.6. The van der Waals surface area contributed by atoms with E-state index >= 15 is 0 Å². The number of hydrogen-bond acceptors (Lipinski definition) is 5. The van der Waals surface area contributed by atoms with E-state index in [4.69, 9.17) is 0 Å². The predicted octanol–water partition coefficient (Wildman–Crippen LogP) is 6.91. The number of anilines is 1. The van der Waals surface area contributed by atoms with E-state index in [0.717, 1.165) is 41.5 Å². The van der Waals surface area contributed by atoms with Gasteiger partial charge in [-0.15, -0.1) is 10.2 Å². The second-order valence-electron chi connectivity index (χ2n) is 9.68. The highest BCUT2D eigenvalue weighted by molar-refractivity contribution is 5.95. The molecule has 8 nitrogen and oxygen atoms in total. The molecule has 0 radical (unpaired) electrons. The molecule has 1 aromatic heterocycles. The first-order valence-corrected chi connectivity index (χ1v) is 13.6. The number of carbonyl (C=O) groups is 2. The molecule has 202 valence electrons. The average Bonchev–Trinajstić information content (AvgIpc) is 3.51. The van der Waals surface area contributed by atoms with Crippen LogP contribution in [0.2, 0.25) is 0 Å². The van der Waals surface area contributed by atoms with Crippen molar-refractivity contribution in [3.63, 3.8) is 0 Å². The highest BCUT2D eigenvalue weighted by Gasteiger charge is 2.18. The molecule has 4 rings (SSSR count). The van der Waals surface area contributed by atoms with Crippen LogP contribution in [0.15, 0.2) is 72.8 Å². The molecular formula is C31H35N5O3. The van der Waals surface area contributed by atoms with Crippen LogP contribution in [0.4, 0.5) is 5.69 Å². The number of unbranched alkanes of at least 4 members (excludes halogenated alkanes) is 6. The van der Waals surface area contributed by atoms with E-state index in [1.165, 1.54) is 25.7 Å². The van der Waals surface area contributed by atoms with Crippen LogP contribution in [-0.2, 0) is 11.3 Å². The van der Waals surface area contributed by atoms with Crippen molar-refractivity contribution in [3.8, 4) is 22.5 Å². The summed E-state index contributed by atoms with van der Waals surface area (Å²) in [5.41, 5.74) is 4.55. The lowest BCUT2D eigenvalue weighted by Gasteiger charge is -2.24. The van der Waals surface area contributed by atoms with Gasteiger partial charge < -0.3 is 10.0 Å². The van der Waals surface area contributed by atoms with Crippen molar-refractivity contribution >= 4 is 17.6 Å². The SMILES string of the molecule is CCCCCCCCCC(=O)N(Cc1ccc(-c2ccccc2-c2nn[nH]n2)cc1)c1cccc(C(=O)O)c1. The fourth-order valence-corrected chi connectivity index (χ4v) is 4.68. The van der Waals surface area contributed by atoms with Gasteiger partial charge in [0.25, 0.3) is 0 Å². The molecule has 0 saturated heterocycles. The Bertz CT molecular complexity index is 1350. The first kappa shape index (κ1) is 27.7. The van der Waals surface area contributed by atoms with Crippen molar-refractivity contribution in [1.82, 2.24) is 20.6 Å². The summed E-state index contributed by atoms with van der Waals surface area (Å²) in [4.78, 5) is 26.7. The standard InChI is InChI=1S/C31H35N5O3/c1-2-3-4-5-6-7-8-16-29(37)36(26-13-11-12-25(21-26)31(38)39)22-23-17-19-24(20-18-23)27-14-9-10-15-28(27)30-32-34-35-33-30/h9-15,17-21H,2-8,16,22H2,1H3,(H,38,39)(H,32,33,34,35). The number of aromatic carboxylic acids is 1. The van der Waals surface area contributed by atoms with E-state index in [1.807, 2.05) is 48.5 Å². The number of carboxylic acids is 1. The van der Waals surface area contributed by atoms with Crippen molar-refractivity contribution in [1.29, 1.82) is 0 Å². The van der Waals surface area contributed by atoms with Crippen LogP contribution in [0.1, 0.15) is 74.2 Å². The Balaban J connectivity index is 1.50. The number of aromatic nitrogens is 4. The second-order valence-corrected chi connectivity index (χ2v) is 9.68. The largest absolute Gasteiger partial charge is 0.478 e. The fraction of sp³-hybridized carbons (Fsp3) is 0.323. The molecule has 0 spiro atoms. The van der Waals surface area contributed by atoms with Gasteiger partial charge in [-0.2, -0.15) is 5.21 Å². The van der Waals surface area contributed by atoms with Gasteiger partial charge in [0.2, 0.25) is 11.7 Å². The number of nitrogens with one attached hydrogen (secondary N) is 1. The van der Waals surface area contributed by atoms with Gasteiger partial charge in [0.1, 0.15) is 0 Å². The minimum Gasteiger partial charge on any atom is -0.478 e. The van der Waals surface area contributed by atoms with Gasteiger partial charge in [0.05, 0.1) is 12.1 Å². The zero-order valence-corrected chi connectivity index (χ0v) is 22.3. The molecule has 8 heteroatoms. The third-order valence-electron chi connectivity index (χ3n) is 6.82. The van der Waals surface area contributed by atoms with Crippen molar-refractivity contribution < 1.29 is 14.7 Å². The number of hydrogen-bond donors (Lipinski definition) is 2. The number of amides is 1. The third kappa shape index (κ3) is 7.60. The molecule has 39 heavy (non-hydrogen) atoms. The molecule has 0 aliphatic rings. The molecular weight excluding hydrogens is 490 g/mol. The maximum Gasteiger partial charge on any atom is 0.335 e. The molecule has 0 aliphatic carbocycles. The molecule has 1 amide bonds. The molecule has 0 saturated carbocycles. The maximum absolute atomic E-state index is 13.4. The summed E-state index contributed by atoms with van der Waals surface area (Å²) in [6.07, 6.45) is 8.33. The molecule has 0 atom stereocenters. The van der Waals surface area contributed by atoms with E-state index in [9.17, 15) is 14.7 Å². The summed E-state index contributed by atoms with van der Waals surface area (Å²) in [6, 6.07) is 22.5. The Morgan fingerprint density at radius 2 is 1.56 bits per heavy atom. The molecule has 1 heterocycles. The normalized spacial score (nSPS) is 10.9. The van der Waals surface area contributed by atoms with E-state index in [2.05, 4.69) is 27.5 Å². The number of rotatable bonds is 14. The van der Waals surface area contributed by atoms with Crippen molar-refractivity contribution in [2.24, 2.45) is 0 Å². The maximum atomic E-state index is 13.4. The monoisotopic (exact) mass is 525 g/mol. The van der Waals surface area contributed by atoms with Crippen LogP contribution in [0.5, 0.6) is 0 Å². The van der Waals surface area contributed by atoms with Crippen LogP contribution in [0.3, 0.4) is 0 Å². The topological polar surface area (TPSA) is 112 Å². The summed E-state index contributed by atoms with van der Waals surface area (Å²) in [5.74, 6) is -0.492. The average molecular weight is 526 g/mol. The Labute approximate surface area is 229 Å². The third-order valence-corrected chi connectivity index (χ3v) is 6.82.